The molecule has 3 aromatic rings. The van der Waals surface area contributed by atoms with Crippen LogP contribution in [0.5, 0.6) is 11.5 Å². The summed E-state index contributed by atoms with van der Waals surface area (Å²) < 4.78 is 11.3. The molecule has 3 aliphatic rings. The second kappa shape index (κ2) is 11.4. The Morgan fingerprint density at radius 3 is 2.49 bits per heavy atom. The van der Waals surface area contributed by atoms with E-state index in [9.17, 15) is 19.5 Å². The average Bonchev–Trinajstić information content (AvgIpc) is 3.34. The molecular weight excluding hydrogens is 570 g/mol. The van der Waals surface area contributed by atoms with Gasteiger partial charge < -0.3 is 30.1 Å². The first-order valence-electron chi connectivity index (χ1n) is 14.1. The predicted octanol–water partition coefficient (Wildman–Crippen LogP) is 4.74. The van der Waals surface area contributed by atoms with E-state index in [0.717, 1.165) is 5.56 Å². The van der Waals surface area contributed by atoms with Crippen LogP contribution in [0.2, 0.25) is 0 Å². The van der Waals surface area contributed by atoms with Crippen LogP contribution < -0.4 is 20.3 Å². The quantitative estimate of drug-likeness (QED) is 0.381. The van der Waals surface area contributed by atoms with Crippen molar-refractivity contribution in [1.29, 1.82) is 0 Å². The van der Waals surface area contributed by atoms with E-state index in [1.54, 1.807) is 50.1 Å². The molecule has 1 fully saturated rings. The lowest BCUT2D eigenvalue weighted by atomic mass is 9.98. The third-order valence-corrected chi connectivity index (χ3v) is 8.69. The Bertz CT molecular complexity index is 1530. The van der Waals surface area contributed by atoms with E-state index < -0.39 is 35.1 Å². The average molecular weight is 604 g/mol. The van der Waals surface area contributed by atoms with Gasteiger partial charge in [0.15, 0.2) is 0 Å². The van der Waals surface area contributed by atoms with E-state index in [-0.39, 0.29) is 18.5 Å². The van der Waals surface area contributed by atoms with E-state index >= 15 is 0 Å². The van der Waals surface area contributed by atoms with Crippen molar-refractivity contribution in [2.45, 2.75) is 61.3 Å². The number of aliphatic hydroxyl groups excluding tert-OH is 1. The Balaban J connectivity index is 1.14. The highest BCUT2D eigenvalue weighted by Crippen LogP contribution is 2.50. The molecule has 0 aliphatic carbocycles. The van der Waals surface area contributed by atoms with E-state index in [1.165, 1.54) is 16.7 Å². The number of β-amino-alcohol motifs (C(OH)–C–C–N with tert-alkyl or cyclic N) is 1. The van der Waals surface area contributed by atoms with E-state index in [1.807, 2.05) is 42.5 Å². The molecule has 3 aliphatic heterocycles. The number of thioether (sulfide) groups is 1. The lowest BCUT2D eigenvalue weighted by Gasteiger charge is -2.38. The minimum absolute atomic E-state index is 0.0495. The summed E-state index contributed by atoms with van der Waals surface area (Å²) in [5.41, 5.74) is 1.43. The zero-order valence-electron chi connectivity index (χ0n) is 24.0. The minimum Gasteiger partial charge on any atom is -0.457 e. The number of para-hydroxylation sites is 1. The van der Waals surface area contributed by atoms with Gasteiger partial charge in [-0.15, -0.1) is 0 Å². The zero-order chi connectivity index (χ0) is 30.3. The van der Waals surface area contributed by atoms with E-state index in [4.69, 9.17) is 9.47 Å². The summed E-state index contributed by atoms with van der Waals surface area (Å²) in [7, 11) is 0. The number of likely N-dealkylation sites (tertiary alicyclic amines) is 1. The molecule has 0 saturated carbocycles. The molecular formula is C31H33N5O6S. The Labute approximate surface area is 253 Å². The number of amides is 4. The van der Waals surface area contributed by atoms with Gasteiger partial charge in [0.1, 0.15) is 27.4 Å². The van der Waals surface area contributed by atoms with Crippen LogP contribution in [0.1, 0.15) is 38.8 Å². The van der Waals surface area contributed by atoms with Crippen LogP contribution in [0.15, 0.2) is 71.9 Å². The number of hydrogen-bond donors (Lipinski definition) is 3. The summed E-state index contributed by atoms with van der Waals surface area (Å²) in [5, 5.41) is 16.7. The number of carbonyl (C=O) groups excluding carboxylic acids is 3. The monoisotopic (exact) mass is 603 g/mol. The van der Waals surface area contributed by atoms with Gasteiger partial charge in [0.25, 0.3) is 0 Å². The third kappa shape index (κ3) is 5.98. The van der Waals surface area contributed by atoms with Gasteiger partial charge in [-0.05, 0) is 69.7 Å². The number of benzene rings is 2. The number of rotatable bonds is 5. The molecule has 1 aromatic heterocycles. The number of urea groups is 1. The van der Waals surface area contributed by atoms with Gasteiger partial charge >= 0.3 is 12.1 Å². The smallest absolute Gasteiger partial charge is 0.410 e. The highest BCUT2D eigenvalue weighted by atomic mass is 32.2. The summed E-state index contributed by atoms with van der Waals surface area (Å²) in [4.78, 5) is 46.9. The number of nitrogens with one attached hydrogen (secondary N) is 2. The summed E-state index contributed by atoms with van der Waals surface area (Å²) in [5.74, 6) is 1.03. The van der Waals surface area contributed by atoms with Crippen molar-refractivity contribution in [3.63, 3.8) is 0 Å². The van der Waals surface area contributed by atoms with Crippen LogP contribution in [0.4, 0.5) is 21.0 Å². The van der Waals surface area contributed by atoms with Crippen molar-refractivity contribution < 1.29 is 29.0 Å². The molecule has 3 N–H and O–H groups in total. The second-order valence-electron chi connectivity index (χ2n) is 11.7. The standard InChI is InChI=1S/C31H33N5O6S/c1-31(2,3)42-30(40)35-16-14-21(23(37)17-35)33-27(38)26-25-24-22(13-15-32-28(24)43-26)36(29(39)34-25)18-9-11-20(12-10-18)41-19-7-5-4-6-8-19/h4-13,15,21,23,25-26,37H,14,16-17H2,1-3H3,(H,33,38)(H,34,39)/t21-,23+,25?,26?/m0/s1. The molecule has 2 aromatic carbocycles. The largest absolute Gasteiger partial charge is 0.457 e. The molecule has 2 unspecified atom stereocenters. The van der Waals surface area contributed by atoms with Gasteiger partial charge in [0, 0.05) is 18.3 Å². The van der Waals surface area contributed by atoms with Crippen molar-refractivity contribution in [2.75, 3.05) is 18.0 Å². The maximum atomic E-state index is 13.5. The van der Waals surface area contributed by atoms with Crippen molar-refractivity contribution in [2.24, 2.45) is 0 Å². The lowest BCUT2D eigenvalue weighted by Crippen LogP contribution is -2.58. The molecule has 4 heterocycles. The number of pyridine rings is 1. The maximum absolute atomic E-state index is 13.5. The molecule has 0 bridgehead atoms. The second-order valence-corrected chi connectivity index (χ2v) is 12.8. The van der Waals surface area contributed by atoms with Gasteiger partial charge in [-0.2, -0.15) is 0 Å². The molecule has 0 spiro atoms. The Hall–Kier alpha value is -4.29. The van der Waals surface area contributed by atoms with Crippen LogP contribution in [0.25, 0.3) is 0 Å². The molecule has 43 heavy (non-hydrogen) atoms. The number of carbonyl (C=O) groups is 3. The molecule has 1 saturated heterocycles. The Kier molecular flexibility index (Phi) is 7.65. The molecule has 224 valence electrons. The van der Waals surface area contributed by atoms with Crippen LogP contribution in [-0.2, 0) is 9.53 Å². The summed E-state index contributed by atoms with van der Waals surface area (Å²) in [6.07, 6.45) is 0.546. The summed E-state index contributed by atoms with van der Waals surface area (Å²) in [6, 6.07) is 16.9. The van der Waals surface area contributed by atoms with Gasteiger partial charge in [-0.1, -0.05) is 30.0 Å². The van der Waals surface area contributed by atoms with Gasteiger partial charge in [0.2, 0.25) is 5.91 Å². The molecule has 4 atom stereocenters. The van der Waals surface area contributed by atoms with Crippen LogP contribution in [0, 0.1) is 0 Å². The number of anilines is 2. The number of nitrogens with zero attached hydrogens (tertiary/aromatic N) is 3. The number of ether oxygens (including phenoxy) is 2. The van der Waals surface area contributed by atoms with Crippen molar-refractivity contribution in [3.8, 4) is 11.5 Å². The van der Waals surface area contributed by atoms with Gasteiger partial charge in [-0.25, -0.2) is 14.6 Å². The summed E-state index contributed by atoms with van der Waals surface area (Å²) in [6.45, 7) is 5.74. The fraction of sp³-hybridized carbons (Fsp3) is 0.355. The topological polar surface area (TPSA) is 133 Å². The SMILES string of the molecule is CC(C)(C)OC(=O)N1CC[C@H](NC(=O)C2Sc3nccc4c3C2NC(=O)N4c2ccc(Oc3ccccc3)cc2)[C@H](O)C1. The highest BCUT2D eigenvalue weighted by Gasteiger charge is 2.47. The van der Waals surface area contributed by atoms with Crippen molar-refractivity contribution in [3.05, 3.63) is 72.4 Å². The number of aliphatic hydroxyl groups is 1. The normalized spacial score (nSPS) is 22.8. The number of hydrogen-bond acceptors (Lipinski definition) is 8. The van der Waals surface area contributed by atoms with E-state index in [0.29, 0.717) is 40.9 Å². The first-order valence-corrected chi connectivity index (χ1v) is 15.0. The Morgan fingerprint density at radius 2 is 1.79 bits per heavy atom. The maximum Gasteiger partial charge on any atom is 0.410 e. The highest BCUT2D eigenvalue weighted by molar-refractivity contribution is 8.01. The molecule has 4 amide bonds. The zero-order valence-corrected chi connectivity index (χ0v) is 24.8. The first-order chi connectivity index (χ1) is 20.6. The van der Waals surface area contributed by atoms with E-state index in [2.05, 4.69) is 15.6 Å². The minimum atomic E-state index is -0.960. The van der Waals surface area contributed by atoms with Crippen molar-refractivity contribution in [1.82, 2.24) is 20.5 Å². The Morgan fingerprint density at radius 1 is 1.07 bits per heavy atom. The fourth-order valence-corrected chi connectivity index (χ4v) is 6.66. The van der Waals surface area contributed by atoms with Crippen LogP contribution in [0.3, 0.4) is 0 Å². The third-order valence-electron chi connectivity index (χ3n) is 7.40. The lowest BCUT2D eigenvalue weighted by molar-refractivity contribution is -0.123. The first kappa shape index (κ1) is 28.8. The predicted molar refractivity (Wildman–Crippen MR) is 161 cm³/mol. The van der Waals surface area contributed by atoms with Crippen molar-refractivity contribution >= 4 is 41.2 Å². The van der Waals surface area contributed by atoms with Gasteiger partial charge in [0.05, 0.1) is 36.1 Å². The summed E-state index contributed by atoms with van der Waals surface area (Å²) >= 11 is 1.28. The molecule has 0 radical (unpaired) electrons. The molecule has 6 rings (SSSR count). The number of aromatic nitrogens is 1. The molecule has 11 nitrogen and oxygen atoms in total. The van der Waals surface area contributed by atoms with Gasteiger partial charge in [-0.3, -0.25) is 9.69 Å². The number of piperidine rings is 1. The van der Waals surface area contributed by atoms with Crippen LogP contribution in [-0.4, -0.2) is 69.1 Å². The molecule has 12 heteroatoms. The van der Waals surface area contributed by atoms with Crippen LogP contribution >= 0.6 is 11.8 Å². The fourth-order valence-electron chi connectivity index (χ4n) is 5.43.